The smallest absolute Gasteiger partial charge is 0.328 e. The predicted octanol–water partition coefficient (Wildman–Crippen LogP) is 2.83. The van der Waals surface area contributed by atoms with E-state index in [1.165, 1.54) is 43.3 Å². The normalized spacial score (nSPS) is 17.6. The van der Waals surface area contributed by atoms with Crippen LogP contribution < -0.4 is 0 Å². The van der Waals surface area contributed by atoms with Crippen molar-refractivity contribution >= 4 is 23.4 Å². The van der Waals surface area contributed by atoms with Gasteiger partial charge in [-0.2, -0.15) is 0 Å². The van der Waals surface area contributed by atoms with Gasteiger partial charge in [-0.3, -0.25) is 4.90 Å². The van der Waals surface area contributed by atoms with Gasteiger partial charge in [0.2, 0.25) is 0 Å². The lowest BCUT2D eigenvalue weighted by molar-refractivity contribution is -0.131. The number of thiophene rings is 1. The second-order valence-corrected chi connectivity index (χ2v) is 5.31. The standard InChI is InChI=1S/C13H17NO2S/c15-13(16)5-4-11-6-9-17-12(11)10-14-7-2-1-3-8-14/h4-6,9H,1-3,7-8,10H2,(H,15,16). The van der Waals surface area contributed by atoms with Gasteiger partial charge in [-0.15, -0.1) is 11.3 Å². The molecule has 92 valence electrons. The molecule has 0 amide bonds. The second-order valence-electron chi connectivity index (χ2n) is 4.31. The monoisotopic (exact) mass is 251 g/mol. The molecule has 1 aliphatic rings. The van der Waals surface area contributed by atoms with Crippen LogP contribution in [-0.4, -0.2) is 29.1 Å². The Bertz CT molecular complexity index is 405. The predicted molar refractivity (Wildman–Crippen MR) is 70.1 cm³/mol. The molecule has 1 saturated heterocycles. The lowest BCUT2D eigenvalue weighted by atomic mass is 10.1. The third kappa shape index (κ3) is 3.68. The third-order valence-electron chi connectivity index (χ3n) is 3.00. The number of carboxylic acid groups (broad SMARTS) is 1. The van der Waals surface area contributed by atoms with Crippen LogP contribution in [0.2, 0.25) is 0 Å². The maximum Gasteiger partial charge on any atom is 0.328 e. The van der Waals surface area contributed by atoms with Gasteiger partial charge in [0, 0.05) is 17.5 Å². The van der Waals surface area contributed by atoms with Crippen LogP contribution >= 0.6 is 11.3 Å². The van der Waals surface area contributed by atoms with E-state index in [4.69, 9.17) is 5.11 Å². The van der Waals surface area contributed by atoms with Crippen LogP contribution in [0.1, 0.15) is 29.7 Å². The molecule has 0 saturated carbocycles. The zero-order valence-corrected chi connectivity index (χ0v) is 10.6. The van der Waals surface area contributed by atoms with E-state index in [2.05, 4.69) is 4.90 Å². The zero-order valence-electron chi connectivity index (χ0n) is 9.76. The van der Waals surface area contributed by atoms with Crippen LogP contribution in [0, 0.1) is 0 Å². The summed E-state index contributed by atoms with van der Waals surface area (Å²) in [6.07, 6.45) is 6.81. The fourth-order valence-corrected chi connectivity index (χ4v) is 3.02. The average molecular weight is 251 g/mol. The van der Waals surface area contributed by atoms with Gasteiger partial charge in [0.15, 0.2) is 0 Å². The zero-order chi connectivity index (χ0) is 12.1. The van der Waals surface area contributed by atoms with Gasteiger partial charge in [-0.1, -0.05) is 6.42 Å². The molecule has 2 rings (SSSR count). The Morgan fingerprint density at radius 3 is 2.88 bits per heavy atom. The van der Waals surface area contributed by atoms with Gasteiger partial charge in [0.25, 0.3) is 0 Å². The molecule has 0 aromatic carbocycles. The highest BCUT2D eigenvalue weighted by molar-refractivity contribution is 7.10. The number of hydrogen-bond acceptors (Lipinski definition) is 3. The van der Waals surface area contributed by atoms with Crippen molar-refractivity contribution in [2.24, 2.45) is 0 Å². The van der Waals surface area contributed by atoms with E-state index >= 15 is 0 Å². The highest BCUT2D eigenvalue weighted by Crippen LogP contribution is 2.22. The molecule has 1 aromatic heterocycles. The molecule has 0 bridgehead atoms. The summed E-state index contributed by atoms with van der Waals surface area (Å²) in [7, 11) is 0. The van der Waals surface area contributed by atoms with E-state index in [1.807, 2.05) is 11.4 Å². The highest BCUT2D eigenvalue weighted by Gasteiger charge is 2.12. The molecule has 0 aliphatic carbocycles. The van der Waals surface area contributed by atoms with Crippen molar-refractivity contribution in [2.45, 2.75) is 25.8 Å². The molecule has 1 fully saturated rings. The lowest BCUT2D eigenvalue weighted by Crippen LogP contribution is -2.28. The summed E-state index contributed by atoms with van der Waals surface area (Å²) in [6.45, 7) is 3.29. The van der Waals surface area contributed by atoms with Crippen molar-refractivity contribution in [2.75, 3.05) is 13.1 Å². The first-order chi connectivity index (χ1) is 8.25. The maximum atomic E-state index is 10.5. The molecule has 1 N–H and O–H groups in total. The number of carboxylic acids is 1. The van der Waals surface area contributed by atoms with Gasteiger partial charge in [0.05, 0.1) is 0 Å². The van der Waals surface area contributed by atoms with E-state index in [0.717, 1.165) is 12.1 Å². The topological polar surface area (TPSA) is 40.5 Å². The van der Waals surface area contributed by atoms with Gasteiger partial charge in [0.1, 0.15) is 0 Å². The molecular weight excluding hydrogens is 234 g/mol. The Hall–Kier alpha value is -1.13. The first-order valence-corrected chi connectivity index (χ1v) is 6.83. The molecular formula is C13H17NO2S. The minimum absolute atomic E-state index is 0.889. The Balaban J connectivity index is 2.00. The number of aliphatic carboxylic acids is 1. The first kappa shape index (κ1) is 12.3. The van der Waals surface area contributed by atoms with Crippen LogP contribution in [0.15, 0.2) is 17.5 Å². The number of hydrogen-bond donors (Lipinski definition) is 1. The summed E-state index contributed by atoms with van der Waals surface area (Å²) in [5, 5.41) is 10.7. The molecule has 0 radical (unpaired) electrons. The minimum Gasteiger partial charge on any atom is -0.478 e. The lowest BCUT2D eigenvalue weighted by Gasteiger charge is -2.26. The van der Waals surface area contributed by atoms with Crippen LogP contribution in [0.3, 0.4) is 0 Å². The van der Waals surface area contributed by atoms with Gasteiger partial charge in [-0.25, -0.2) is 4.79 Å². The summed E-state index contributed by atoms with van der Waals surface area (Å²) in [5.74, 6) is -0.889. The summed E-state index contributed by atoms with van der Waals surface area (Å²) in [5.41, 5.74) is 1.04. The fourth-order valence-electron chi connectivity index (χ4n) is 2.11. The van der Waals surface area contributed by atoms with Crippen LogP contribution in [0.25, 0.3) is 6.08 Å². The number of carbonyl (C=O) groups is 1. The van der Waals surface area contributed by atoms with Crippen molar-refractivity contribution in [1.82, 2.24) is 4.90 Å². The van der Waals surface area contributed by atoms with Crippen LogP contribution in [0.5, 0.6) is 0 Å². The van der Waals surface area contributed by atoms with Crippen molar-refractivity contribution in [3.8, 4) is 0 Å². The average Bonchev–Trinajstić information content (AvgIpc) is 2.75. The molecule has 2 heterocycles. The van der Waals surface area contributed by atoms with Gasteiger partial charge < -0.3 is 5.11 Å². The van der Waals surface area contributed by atoms with Gasteiger partial charge in [-0.05, 0) is 49.0 Å². The van der Waals surface area contributed by atoms with E-state index in [0.29, 0.717) is 0 Å². The quantitative estimate of drug-likeness (QED) is 0.837. The molecule has 0 atom stereocenters. The van der Waals surface area contributed by atoms with Crippen molar-refractivity contribution in [3.05, 3.63) is 28.0 Å². The fraction of sp³-hybridized carbons (Fsp3) is 0.462. The molecule has 0 spiro atoms. The molecule has 4 heteroatoms. The Morgan fingerprint density at radius 2 is 2.18 bits per heavy atom. The molecule has 3 nitrogen and oxygen atoms in total. The number of likely N-dealkylation sites (tertiary alicyclic amines) is 1. The minimum atomic E-state index is -0.889. The Kier molecular flexibility index (Phi) is 4.34. The molecule has 1 aromatic rings. The first-order valence-electron chi connectivity index (χ1n) is 5.95. The van der Waals surface area contributed by atoms with E-state index in [-0.39, 0.29) is 0 Å². The molecule has 1 aliphatic heterocycles. The molecule has 17 heavy (non-hydrogen) atoms. The summed E-state index contributed by atoms with van der Waals surface area (Å²) in [6, 6.07) is 1.99. The summed E-state index contributed by atoms with van der Waals surface area (Å²) < 4.78 is 0. The van der Waals surface area contributed by atoms with Crippen LogP contribution in [0.4, 0.5) is 0 Å². The van der Waals surface area contributed by atoms with E-state index < -0.39 is 5.97 Å². The Morgan fingerprint density at radius 1 is 1.41 bits per heavy atom. The summed E-state index contributed by atoms with van der Waals surface area (Å²) in [4.78, 5) is 14.2. The van der Waals surface area contributed by atoms with Gasteiger partial charge >= 0.3 is 5.97 Å². The van der Waals surface area contributed by atoms with Crippen LogP contribution in [-0.2, 0) is 11.3 Å². The molecule has 0 unspecified atom stereocenters. The van der Waals surface area contributed by atoms with Crippen molar-refractivity contribution < 1.29 is 9.90 Å². The summed E-state index contributed by atoms with van der Waals surface area (Å²) >= 11 is 1.71. The number of nitrogens with zero attached hydrogens (tertiary/aromatic N) is 1. The SMILES string of the molecule is O=C(O)C=Cc1ccsc1CN1CCCCC1. The van der Waals surface area contributed by atoms with E-state index in [1.54, 1.807) is 17.4 Å². The number of piperidine rings is 1. The second kappa shape index (κ2) is 5.98. The third-order valence-corrected chi connectivity index (χ3v) is 3.92. The van der Waals surface area contributed by atoms with Crippen molar-refractivity contribution in [1.29, 1.82) is 0 Å². The van der Waals surface area contributed by atoms with E-state index in [9.17, 15) is 4.79 Å². The Labute approximate surface area is 105 Å². The number of rotatable bonds is 4. The maximum absolute atomic E-state index is 10.5. The largest absolute Gasteiger partial charge is 0.478 e. The van der Waals surface area contributed by atoms with Crippen molar-refractivity contribution in [3.63, 3.8) is 0 Å². The highest BCUT2D eigenvalue weighted by atomic mass is 32.1.